The minimum atomic E-state index is -0.664. The molecular formula is C22H22ClFN2O3. The predicted octanol–water partition coefficient (Wildman–Crippen LogP) is 6.11. The van der Waals surface area contributed by atoms with Crippen molar-refractivity contribution < 1.29 is 18.7 Å². The van der Waals surface area contributed by atoms with Gasteiger partial charge in [0.15, 0.2) is 11.5 Å². The Balaban J connectivity index is 0.00000145. The number of hydrogen-bond acceptors (Lipinski definition) is 5. The first-order chi connectivity index (χ1) is 14.0. The van der Waals surface area contributed by atoms with Crippen LogP contribution in [0.2, 0.25) is 5.02 Å². The summed E-state index contributed by atoms with van der Waals surface area (Å²) in [5.41, 5.74) is 1.21. The summed E-state index contributed by atoms with van der Waals surface area (Å²) >= 11 is 5.90. The lowest BCUT2D eigenvalue weighted by Gasteiger charge is -2.13. The van der Waals surface area contributed by atoms with Crippen LogP contribution < -0.4 is 10.1 Å². The Labute approximate surface area is 174 Å². The standard InChI is InChI=1S/C20H16ClFN2O3.C2H6/c1-26-15-9-7-14(8-10-15)23-16-11-17(20(25)27-2)24-19(18(16)22)12-3-5-13(21)6-4-12;1-2/h3-11H,1-2H3,(H,23,24);1-2H3. The Morgan fingerprint density at radius 1 is 1.03 bits per heavy atom. The molecule has 0 amide bonds. The number of aromatic nitrogens is 1. The molecule has 1 aromatic heterocycles. The second-order valence-electron chi connectivity index (χ2n) is 5.57. The van der Waals surface area contributed by atoms with E-state index in [-0.39, 0.29) is 17.1 Å². The van der Waals surface area contributed by atoms with Gasteiger partial charge >= 0.3 is 5.97 Å². The molecule has 2 aromatic carbocycles. The molecule has 0 unspecified atom stereocenters. The first-order valence-corrected chi connectivity index (χ1v) is 9.35. The molecule has 29 heavy (non-hydrogen) atoms. The highest BCUT2D eigenvalue weighted by Crippen LogP contribution is 2.30. The van der Waals surface area contributed by atoms with Crippen molar-refractivity contribution in [1.29, 1.82) is 0 Å². The van der Waals surface area contributed by atoms with E-state index in [1.54, 1.807) is 55.6 Å². The fourth-order valence-corrected chi connectivity index (χ4v) is 2.58. The van der Waals surface area contributed by atoms with E-state index in [4.69, 9.17) is 21.1 Å². The second-order valence-corrected chi connectivity index (χ2v) is 6.01. The molecule has 152 valence electrons. The third kappa shape index (κ3) is 5.45. The molecule has 0 bridgehead atoms. The highest BCUT2D eigenvalue weighted by atomic mass is 35.5. The fraction of sp³-hybridized carbons (Fsp3) is 0.182. The zero-order valence-corrected chi connectivity index (χ0v) is 17.4. The maximum Gasteiger partial charge on any atom is 0.356 e. The van der Waals surface area contributed by atoms with Gasteiger partial charge in [0.2, 0.25) is 0 Å². The summed E-state index contributed by atoms with van der Waals surface area (Å²) in [5, 5.41) is 3.47. The summed E-state index contributed by atoms with van der Waals surface area (Å²) in [4.78, 5) is 16.1. The molecule has 0 saturated heterocycles. The van der Waals surface area contributed by atoms with Crippen LogP contribution in [0, 0.1) is 5.82 Å². The van der Waals surface area contributed by atoms with Gasteiger partial charge in [-0.2, -0.15) is 0 Å². The van der Waals surface area contributed by atoms with Gasteiger partial charge in [0.05, 0.1) is 19.9 Å². The van der Waals surface area contributed by atoms with E-state index >= 15 is 4.39 Å². The van der Waals surface area contributed by atoms with E-state index < -0.39 is 11.8 Å². The molecule has 3 aromatic rings. The third-order valence-electron chi connectivity index (χ3n) is 3.84. The molecule has 0 aliphatic heterocycles. The maximum atomic E-state index is 15.1. The molecule has 1 heterocycles. The topological polar surface area (TPSA) is 60.5 Å². The molecule has 3 rings (SSSR count). The molecule has 0 radical (unpaired) electrons. The number of carbonyl (C=O) groups excluding carboxylic acids is 1. The number of hydrogen-bond donors (Lipinski definition) is 1. The van der Waals surface area contributed by atoms with Crippen molar-refractivity contribution in [2.75, 3.05) is 19.5 Å². The molecule has 0 fully saturated rings. The second kappa shape index (κ2) is 10.4. The minimum Gasteiger partial charge on any atom is -0.497 e. The Morgan fingerprint density at radius 3 is 2.21 bits per heavy atom. The number of halogens is 2. The normalized spacial score (nSPS) is 9.86. The van der Waals surface area contributed by atoms with E-state index in [2.05, 4.69) is 10.3 Å². The number of nitrogens with one attached hydrogen (secondary N) is 1. The third-order valence-corrected chi connectivity index (χ3v) is 4.09. The van der Waals surface area contributed by atoms with Gasteiger partial charge in [-0.15, -0.1) is 0 Å². The molecule has 1 N–H and O–H groups in total. The smallest absolute Gasteiger partial charge is 0.356 e. The largest absolute Gasteiger partial charge is 0.497 e. The van der Waals surface area contributed by atoms with Crippen LogP contribution in [0.1, 0.15) is 24.3 Å². The first-order valence-electron chi connectivity index (χ1n) is 8.97. The number of pyridine rings is 1. The lowest BCUT2D eigenvalue weighted by atomic mass is 10.1. The minimum absolute atomic E-state index is 0.0140. The molecule has 5 nitrogen and oxygen atoms in total. The summed E-state index contributed by atoms with van der Waals surface area (Å²) in [6.45, 7) is 4.00. The zero-order valence-electron chi connectivity index (χ0n) is 16.6. The molecular weight excluding hydrogens is 395 g/mol. The van der Waals surface area contributed by atoms with Crippen LogP contribution in [0.5, 0.6) is 5.75 Å². The fourth-order valence-electron chi connectivity index (χ4n) is 2.46. The highest BCUT2D eigenvalue weighted by molar-refractivity contribution is 6.30. The van der Waals surface area contributed by atoms with Gasteiger partial charge in [0.1, 0.15) is 11.4 Å². The van der Waals surface area contributed by atoms with Gasteiger partial charge in [-0.05, 0) is 42.5 Å². The number of methoxy groups -OCH3 is 2. The van der Waals surface area contributed by atoms with Crippen molar-refractivity contribution in [3.8, 4) is 17.0 Å². The Hall–Kier alpha value is -3.12. The van der Waals surface area contributed by atoms with Crippen molar-refractivity contribution in [2.24, 2.45) is 0 Å². The van der Waals surface area contributed by atoms with Crippen LogP contribution in [-0.2, 0) is 4.74 Å². The van der Waals surface area contributed by atoms with Crippen LogP contribution in [0.4, 0.5) is 15.8 Å². The number of esters is 1. The van der Waals surface area contributed by atoms with Crippen LogP contribution in [0.15, 0.2) is 54.6 Å². The zero-order chi connectivity index (χ0) is 21.4. The number of nitrogens with zero attached hydrogens (tertiary/aromatic N) is 1. The molecule has 0 spiro atoms. The average molecular weight is 417 g/mol. The van der Waals surface area contributed by atoms with Crippen molar-refractivity contribution in [2.45, 2.75) is 13.8 Å². The van der Waals surface area contributed by atoms with Gasteiger partial charge in [-0.25, -0.2) is 14.2 Å². The predicted molar refractivity (Wildman–Crippen MR) is 114 cm³/mol. The molecule has 0 saturated carbocycles. The van der Waals surface area contributed by atoms with Crippen molar-refractivity contribution in [3.05, 3.63) is 71.1 Å². The van der Waals surface area contributed by atoms with Crippen LogP contribution >= 0.6 is 11.6 Å². The van der Waals surface area contributed by atoms with E-state index in [1.807, 2.05) is 13.8 Å². The Morgan fingerprint density at radius 2 is 1.66 bits per heavy atom. The lowest BCUT2D eigenvalue weighted by molar-refractivity contribution is 0.0594. The van der Waals surface area contributed by atoms with E-state index in [1.165, 1.54) is 13.2 Å². The van der Waals surface area contributed by atoms with Crippen LogP contribution in [-0.4, -0.2) is 25.2 Å². The quantitative estimate of drug-likeness (QED) is 0.509. The molecule has 7 heteroatoms. The summed E-state index contributed by atoms with van der Waals surface area (Å²) < 4.78 is 24.9. The van der Waals surface area contributed by atoms with Gasteiger partial charge in [0, 0.05) is 16.3 Å². The summed E-state index contributed by atoms with van der Waals surface area (Å²) in [7, 11) is 2.80. The van der Waals surface area contributed by atoms with Crippen molar-refractivity contribution >= 4 is 28.9 Å². The van der Waals surface area contributed by atoms with E-state index in [9.17, 15) is 4.79 Å². The van der Waals surface area contributed by atoms with E-state index in [0.717, 1.165) is 0 Å². The number of carbonyl (C=O) groups is 1. The number of anilines is 2. The Bertz CT molecular complexity index is 961. The molecule has 0 aliphatic carbocycles. The molecule has 0 atom stereocenters. The van der Waals surface area contributed by atoms with Crippen LogP contribution in [0.3, 0.4) is 0 Å². The summed E-state index contributed by atoms with van der Waals surface area (Å²) in [5.74, 6) is -0.586. The monoisotopic (exact) mass is 416 g/mol. The average Bonchev–Trinajstić information content (AvgIpc) is 2.77. The van der Waals surface area contributed by atoms with Gasteiger partial charge in [-0.3, -0.25) is 0 Å². The molecule has 0 aliphatic rings. The van der Waals surface area contributed by atoms with Crippen LogP contribution in [0.25, 0.3) is 11.3 Å². The Kier molecular flexibility index (Phi) is 7.98. The first kappa shape index (κ1) is 22.2. The van der Waals surface area contributed by atoms with Crippen molar-refractivity contribution in [3.63, 3.8) is 0 Å². The van der Waals surface area contributed by atoms with Gasteiger partial charge < -0.3 is 14.8 Å². The van der Waals surface area contributed by atoms with Crippen molar-refractivity contribution in [1.82, 2.24) is 4.98 Å². The number of ether oxygens (including phenoxy) is 2. The summed E-state index contributed by atoms with van der Waals surface area (Å²) in [6.07, 6.45) is 0. The number of rotatable bonds is 5. The highest BCUT2D eigenvalue weighted by Gasteiger charge is 2.19. The van der Waals surface area contributed by atoms with Gasteiger partial charge in [0.25, 0.3) is 0 Å². The lowest BCUT2D eigenvalue weighted by Crippen LogP contribution is -2.08. The summed E-state index contributed by atoms with van der Waals surface area (Å²) in [6, 6.07) is 14.8. The SMILES string of the molecule is CC.COC(=O)c1cc(Nc2ccc(OC)cc2)c(F)c(-c2ccc(Cl)cc2)n1. The van der Waals surface area contributed by atoms with E-state index in [0.29, 0.717) is 22.0 Å². The maximum absolute atomic E-state index is 15.1. The number of benzene rings is 2. The van der Waals surface area contributed by atoms with Gasteiger partial charge in [-0.1, -0.05) is 37.6 Å².